The van der Waals surface area contributed by atoms with Gasteiger partial charge in [-0.05, 0) is 63.1 Å². The molecule has 0 aromatic carbocycles. The molecule has 3 heterocycles. The summed E-state index contributed by atoms with van der Waals surface area (Å²) in [6.07, 6.45) is 6.82. The van der Waals surface area contributed by atoms with E-state index in [1.54, 1.807) is 4.68 Å². The normalized spacial score (nSPS) is 23.1. The van der Waals surface area contributed by atoms with Gasteiger partial charge in [-0.3, -0.25) is 9.69 Å². The average molecular weight is 361 g/mol. The van der Waals surface area contributed by atoms with E-state index in [1.165, 1.54) is 36.9 Å². The number of rotatable bonds is 5. The van der Waals surface area contributed by atoms with Gasteiger partial charge < -0.3 is 9.64 Å². The fraction of sp³-hybridized carbons (Fsp3) is 0.800. The summed E-state index contributed by atoms with van der Waals surface area (Å²) < 4.78 is 7.17. The van der Waals surface area contributed by atoms with Gasteiger partial charge in [-0.25, -0.2) is 4.68 Å². The van der Waals surface area contributed by atoms with Crippen molar-refractivity contribution in [2.24, 2.45) is 5.92 Å². The number of likely N-dealkylation sites (tertiary alicyclic amines) is 1. The van der Waals surface area contributed by atoms with E-state index < -0.39 is 0 Å². The fourth-order valence-corrected chi connectivity index (χ4v) is 4.48. The van der Waals surface area contributed by atoms with E-state index in [9.17, 15) is 4.79 Å². The van der Waals surface area contributed by atoms with Crippen LogP contribution in [0.5, 0.6) is 0 Å². The number of ether oxygens (including phenoxy) is 1. The Balaban J connectivity index is 1.25. The third kappa shape index (κ3) is 4.53. The minimum atomic E-state index is 0.0976. The number of fused-ring (bicyclic) bond motifs is 1. The molecule has 0 unspecified atom stereocenters. The summed E-state index contributed by atoms with van der Waals surface area (Å²) in [4.78, 5) is 17.5. The summed E-state index contributed by atoms with van der Waals surface area (Å²) in [5.74, 6) is 0.585. The molecule has 6 nitrogen and oxygen atoms in total. The van der Waals surface area contributed by atoms with E-state index in [1.807, 2.05) is 6.07 Å². The first-order valence-corrected chi connectivity index (χ1v) is 10.4. The lowest BCUT2D eigenvalue weighted by molar-refractivity contribution is 0.0311. The van der Waals surface area contributed by atoms with Gasteiger partial charge in [-0.15, -0.1) is 0 Å². The van der Waals surface area contributed by atoms with Gasteiger partial charge in [0.2, 0.25) is 0 Å². The standard InChI is InChI=1S/C20H32N4O2/c25-20-15-18-3-1-2-4-19(18)21-24(20)16-17-5-7-22(8-6-17)9-10-23-11-13-26-14-12-23/h15,17H,1-14,16H2. The molecule has 2 saturated heterocycles. The van der Waals surface area contributed by atoms with Gasteiger partial charge in [-0.1, -0.05) is 0 Å². The molecule has 0 spiro atoms. The Morgan fingerprint density at radius 2 is 1.69 bits per heavy atom. The molecule has 1 aromatic rings. The summed E-state index contributed by atoms with van der Waals surface area (Å²) in [5.41, 5.74) is 2.45. The van der Waals surface area contributed by atoms with Crippen LogP contribution < -0.4 is 5.56 Å². The molecule has 0 amide bonds. The Morgan fingerprint density at radius 1 is 1.00 bits per heavy atom. The van der Waals surface area contributed by atoms with E-state index in [-0.39, 0.29) is 5.56 Å². The van der Waals surface area contributed by atoms with Crippen molar-refractivity contribution in [1.82, 2.24) is 19.6 Å². The molecule has 0 atom stereocenters. The summed E-state index contributed by atoms with van der Waals surface area (Å²) in [6.45, 7) is 9.30. The van der Waals surface area contributed by atoms with Gasteiger partial charge in [0.25, 0.3) is 5.56 Å². The number of aryl methyl sites for hydroxylation is 2. The van der Waals surface area contributed by atoms with Crippen molar-refractivity contribution < 1.29 is 4.74 Å². The number of nitrogens with zero attached hydrogens (tertiary/aromatic N) is 4. The molecule has 3 aliphatic rings. The summed E-state index contributed by atoms with van der Waals surface area (Å²) >= 11 is 0. The molecule has 6 heteroatoms. The predicted octanol–water partition coefficient (Wildman–Crippen LogP) is 1.17. The number of hydrogen-bond donors (Lipinski definition) is 0. The van der Waals surface area contributed by atoms with Gasteiger partial charge in [0.1, 0.15) is 0 Å². The number of morpholine rings is 1. The van der Waals surface area contributed by atoms with Crippen molar-refractivity contribution in [3.05, 3.63) is 27.7 Å². The van der Waals surface area contributed by atoms with Crippen molar-refractivity contribution in [1.29, 1.82) is 0 Å². The van der Waals surface area contributed by atoms with Gasteiger partial charge >= 0.3 is 0 Å². The molecule has 0 saturated carbocycles. The Kier molecular flexibility index (Phi) is 6.02. The lowest BCUT2D eigenvalue weighted by Crippen LogP contribution is -2.44. The van der Waals surface area contributed by atoms with E-state index >= 15 is 0 Å². The maximum atomic E-state index is 12.4. The van der Waals surface area contributed by atoms with Crippen LogP contribution in [0.15, 0.2) is 10.9 Å². The lowest BCUT2D eigenvalue weighted by Gasteiger charge is -2.34. The van der Waals surface area contributed by atoms with Gasteiger partial charge in [-0.2, -0.15) is 5.10 Å². The molecular formula is C20H32N4O2. The van der Waals surface area contributed by atoms with Crippen LogP contribution in [0.2, 0.25) is 0 Å². The zero-order valence-electron chi connectivity index (χ0n) is 15.9. The average Bonchev–Trinajstić information content (AvgIpc) is 2.69. The van der Waals surface area contributed by atoms with Crippen molar-refractivity contribution >= 4 is 0 Å². The molecule has 4 rings (SSSR count). The molecule has 2 aliphatic heterocycles. The third-order valence-corrected chi connectivity index (χ3v) is 6.25. The Bertz CT molecular complexity index is 646. The highest BCUT2D eigenvalue weighted by atomic mass is 16.5. The van der Waals surface area contributed by atoms with Crippen LogP contribution in [0.3, 0.4) is 0 Å². The van der Waals surface area contributed by atoms with Crippen LogP contribution in [0, 0.1) is 5.92 Å². The maximum absolute atomic E-state index is 12.4. The van der Waals surface area contributed by atoms with Gasteiger partial charge in [0.15, 0.2) is 0 Å². The topological polar surface area (TPSA) is 50.6 Å². The highest BCUT2D eigenvalue weighted by Gasteiger charge is 2.22. The second-order valence-corrected chi connectivity index (χ2v) is 8.08. The summed E-state index contributed by atoms with van der Waals surface area (Å²) in [5, 5.41) is 4.70. The molecule has 0 N–H and O–H groups in total. The van der Waals surface area contributed by atoms with Crippen LogP contribution in [-0.4, -0.2) is 72.1 Å². The van der Waals surface area contributed by atoms with Crippen molar-refractivity contribution in [2.75, 3.05) is 52.5 Å². The van der Waals surface area contributed by atoms with E-state index in [0.717, 1.165) is 71.9 Å². The van der Waals surface area contributed by atoms with E-state index in [0.29, 0.717) is 5.92 Å². The monoisotopic (exact) mass is 360 g/mol. The van der Waals surface area contributed by atoms with Crippen LogP contribution in [-0.2, 0) is 24.1 Å². The highest BCUT2D eigenvalue weighted by molar-refractivity contribution is 5.20. The molecule has 2 fully saturated rings. The van der Waals surface area contributed by atoms with Crippen LogP contribution in [0.4, 0.5) is 0 Å². The summed E-state index contributed by atoms with van der Waals surface area (Å²) in [7, 11) is 0. The lowest BCUT2D eigenvalue weighted by atomic mass is 9.96. The van der Waals surface area contributed by atoms with E-state index in [4.69, 9.17) is 9.84 Å². The van der Waals surface area contributed by atoms with Crippen molar-refractivity contribution in [3.63, 3.8) is 0 Å². The molecule has 1 aromatic heterocycles. The van der Waals surface area contributed by atoms with Crippen molar-refractivity contribution in [2.45, 2.75) is 45.1 Å². The maximum Gasteiger partial charge on any atom is 0.267 e. The zero-order chi connectivity index (χ0) is 17.8. The SMILES string of the molecule is O=c1cc2c(nn1CC1CCN(CCN3CCOCC3)CC1)CCCC2. The zero-order valence-corrected chi connectivity index (χ0v) is 15.9. The van der Waals surface area contributed by atoms with Crippen molar-refractivity contribution in [3.8, 4) is 0 Å². The largest absolute Gasteiger partial charge is 0.379 e. The minimum absolute atomic E-state index is 0.0976. The van der Waals surface area contributed by atoms with Gasteiger partial charge in [0, 0.05) is 38.8 Å². The molecule has 0 bridgehead atoms. The molecular weight excluding hydrogens is 328 g/mol. The molecule has 26 heavy (non-hydrogen) atoms. The highest BCUT2D eigenvalue weighted by Crippen LogP contribution is 2.20. The van der Waals surface area contributed by atoms with Gasteiger partial charge in [0.05, 0.1) is 18.9 Å². The predicted molar refractivity (Wildman–Crippen MR) is 102 cm³/mol. The third-order valence-electron chi connectivity index (χ3n) is 6.25. The van der Waals surface area contributed by atoms with Crippen LogP contribution in [0.1, 0.15) is 36.9 Å². The summed E-state index contributed by atoms with van der Waals surface area (Å²) in [6, 6.07) is 1.85. The van der Waals surface area contributed by atoms with Crippen LogP contribution >= 0.6 is 0 Å². The Labute approximate surface area is 156 Å². The second kappa shape index (κ2) is 8.63. The first-order chi connectivity index (χ1) is 12.8. The number of aromatic nitrogens is 2. The first-order valence-electron chi connectivity index (χ1n) is 10.4. The Hall–Kier alpha value is -1.24. The first kappa shape index (κ1) is 18.1. The molecule has 1 aliphatic carbocycles. The molecule has 0 radical (unpaired) electrons. The number of piperidine rings is 1. The second-order valence-electron chi connectivity index (χ2n) is 8.08. The quantitative estimate of drug-likeness (QED) is 0.789. The van der Waals surface area contributed by atoms with Crippen LogP contribution in [0.25, 0.3) is 0 Å². The molecule has 144 valence electrons. The Morgan fingerprint density at radius 3 is 2.46 bits per heavy atom. The number of hydrogen-bond acceptors (Lipinski definition) is 5. The smallest absolute Gasteiger partial charge is 0.267 e. The fourth-order valence-electron chi connectivity index (χ4n) is 4.48. The minimum Gasteiger partial charge on any atom is -0.379 e. The van der Waals surface area contributed by atoms with E-state index in [2.05, 4.69) is 9.80 Å².